The minimum absolute atomic E-state index is 0.249. The van der Waals surface area contributed by atoms with Crippen molar-refractivity contribution in [3.05, 3.63) is 48.2 Å². The van der Waals surface area contributed by atoms with E-state index in [1.165, 1.54) is 10.8 Å². The van der Waals surface area contributed by atoms with E-state index in [1.807, 2.05) is 26.8 Å². The number of halogens is 3. The average Bonchev–Trinajstić information content (AvgIpc) is 3.22. The van der Waals surface area contributed by atoms with Crippen molar-refractivity contribution in [1.82, 2.24) is 19.7 Å². The van der Waals surface area contributed by atoms with Crippen molar-refractivity contribution in [3.8, 4) is 11.3 Å². The first-order valence-corrected chi connectivity index (χ1v) is 9.61. The number of aromatic nitrogens is 4. The van der Waals surface area contributed by atoms with E-state index in [4.69, 9.17) is 4.52 Å². The highest BCUT2D eigenvalue weighted by molar-refractivity contribution is 7.99. The quantitative estimate of drug-likeness (QED) is 0.509. The maximum absolute atomic E-state index is 13.2. The van der Waals surface area contributed by atoms with Gasteiger partial charge in [-0.05, 0) is 12.5 Å². The second-order valence-corrected chi connectivity index (χ2v) is 8.77. The second-order valence-electron chi connectivity index (χ2n) is 7.46. The number of benzene rings is 1. The lowest BCUT2D eigenvalue weighted by Gasteiger charge is -2.15. The lowest BCUT2D eigenvalue weighted by Crippen LogP contribution is -2.19. The summed E-state index contributed by atoms with van der Waals surface area (Å²) in [7, 11) is 0. The van der Waals surface area contributed by atoms with E-state index in [2.05, 4.69) is 15.1 Å². The van der Waals surface area contributed by atoms with Crippen molar-refractivity contribution in [2.45, 2.75) is 56.2 Å². The molecule has 0 fully saturated rings. The highest BCUT2D eigenvalue weighted by atomic mass is 32.2. The van der Waals surface area contributed by atoms with Crippen molar-refractivity contribution >= 4 is 11.8 Å². The summed E-state index contributed by atoms with van der Waals surface area (Å²) in [6.07, 6.45) is -2.91. The SMILES string of the molecule is CC(Sc1ncc(-c2ccccc2)n1CC(F)(F)F)c1nc(C(C)(C)C)no1. The Morgan fingerprint density at radius 2 is 1.82 bits per heavy atom. The summed E-state index contributed by atoms with van der Waals surface area (Å²) in [5.41, 5.74) is 0.807. The van der Waals surface area contributed by atoms with E-state index in [0.717, 1.165) is 11.8 Å². The molecule has 2 aromatic heterocycles. The largest absolute Gasteiger partial charge is 0.406 e. The number of hydrogen-bond acceptors (Lipinski definition) is 5. The summed E-state index contributed by atoms with van der Waals surface area (Å²) in [5, 5.41) is 3.88. The molecule has 28 heavy (non-hydrogen) atoms. The minimum Gasteiger partial charge on any atom is -0.338 e. The van der Waals surface area contributed by atoms with Gasteiger partial charge >= 0.3 is 6.18 Å². The lowest BCUT2D eigenvalue weighted by molar-refractivity contribution is -0.141. The summed E-state index contributed by atoms with van der Waals surface area (Å²) < 4.78 is 46.1. The van der Waals surface area contributed by atoms with E-state index in [0.29, 0.717) is 23.0 Å². The van der Waals surface area contributed by atoms with Gasteiger partial charge in [0, 0.05) is 5.41 Å². The molecule has 150 valence electrons. The topological polar surface area (TPSA) is 56.7 Å². The van der Waals surface area contributed by atoms with Gasteiger partial charge in [-0.15, -0.1) is 0 Å². The predicted molar refractivity (Wildman–Crippen MR) is 101 cm³/mol. The van der Waals surface area contributed by atoms with Crippen molar-refractivity contribution < 1.29 is 17.7 Å². The highest BCUT2D eigenvalue weighted by Gasteiger charge is 2.32. The fraction of sp³-hybridized carbons (Fsp3) is 0.421. The molecule has 3 rings (SSSR count). The summed E-state index contributed by atoms with van der Waals surface area (Å²) in [6, 6.07) is 8.89. The van der Waals surface area contributed by atoms with Gasteiger partial charge in [0.25, 0.3) is 0 Å². The van der Waals surface area contributed by atoms with Crippen LogP contribution in [0.2, 0.25) is 0 Å². The van der Waals surface area contributed by atoms with Crippen LogP contribution < -0.4 is 0 Å². The van der Waals surface area contributed by atoms with Crippen molar-refractivity contribution in [2.75, 3.05) is 0 Å². The molecule has 1 unspecified atom stereocenters. The summed E-state index contributed by atoms with van der Waals surface area (Å²) in [4.78, 5) is 8.62. The van der Waals surface area contributed by atoms with Gasteiger partial charge in [0.1, 0.15) is 6.54 Å². The number of hydrogen-bond donors (Lipinski definition) is 0. The summed E-state index contributed by atoms with van der Waals surface area (Å²) in [5.74, 6) is 0.913. The van der Waals surface area contributed by atoms with E-state index < -0.39 is 12.7 Å². The Morgan fingerprint density at radius 1 is 1.14 bits per heavy atom. The normalized spacial score (nSPS) is 13.7. The Balaban J connectivity index is 1.91. The Bertz CT molecular complexity index is 929. The third kappa shape index (κ3) is 4.76. The van der Waals surface area contributed by atoms with Gasteiger partial charge in [0.15, 0.2) is 11.0 Å². The Kier molecular flexibility index (Phi) is 5.56. The first kappa shape index (κ1) is 20.4. The van der Waals surface area contributed by atoms with Crippen LogP contribution >= 0.6 is 11.8 Å². The van der Waals surface area contributed by atoms with Gasteiger partial charge in [-0.3, -0.25) is 0 Å². The monoisotopic (exact) mass is 410 g/mol. The van der Waals surface area contributed by atoms with E-state index >= 15 is 0 Å². The van der Waals surface area contributed by atoms with Crippen LogP contribution in [-0.2, 0) is 12.0 Å². The average molecular weight is 410 g/mol. The highest BCUT2D eigenvalue weighted by Crippen LogP contribution is 2.37. The van der Waals surface area contributed by atoms with Crippen LogP contribution in [-0.4, -0.2) is 25.9 Å². The van der Waals surface area contributed by atoms with Gasteiger partial charge in [-0.1, -0.05) is 68.0 Å². The zero-order chi connectivity index (χ0) is 20.5. The van der Waals surface area contributed by atoms with E-state index in [9.17, 15) is 13.2 Å². The molecule has 1 atom stereocenters. The van der Waals surface area contributed by atoms with Crippen molar-refractivity contribution in [3.63, 3.8) is 0 Å². The molecule has 2 heterocycles. The van der Waals surface area contributed by atoms with Crippen LogP contribution in [0.3, 0.4) is 0 Å². The maximum atomic E-state index is 13.2. The molecule has 0 bridgehead atoms. The Morgan fingerprint density at radius 3 is 2.39 bits per heavy atom. The molecule has 0 N–H and O–H groups in total. The standard InChI is InChI=1S/C19H21F3N4OS/c1-12(15-24-16(25-27-15)18(2,3)4)28-17-23-10-14(13-8-6-5-7-9-13)26(17)11-19(20,21)22/h5-10,12H,11H2,1-4H3. The Labute approximate surface area is 165 Å². The molecule has 0 saturated heterocycles. The van der Waals surface area contributed by atoms with Crippen LogP contribution in [0.4, 0.5) is 13.2 Å². The van der Waals surface area contributed by atoms with Crippen LogP contribution in [0.25, 0.3) is 11.3 Å². The first-order valence-electron chi connectivity index (χ1n) is 8.73. The fourth-order valence-corrected chi connectivity index (χ4v) is 3.45. The number of imidazole rings is 1. The molecule has 0 aliphatic heterocycles. The molecular weight excluding hydrogens is 389 g/mol. The van der Waals surface area contributed by atoms with Gasteiger partial charge in [0.05, 0.1) is 17.1 Å². The third-order valence-corrected chi connectivity index (χ3v) is 5.06. The smallest absolute Gasteiger partial charge is 0.338 e. The second kappa shape index (κ2) is 7.62. The molecular formula is C19H21F3N4OS. The molecule has 5 nitrogen and oxygen atoms in total. The summed E-state index contributed by atoms with van der Waals surface area (Å²) in [6.45, 7) is 6.56. The molecule has 0 saturated carbocycles. The Hall–Kier alpha value is -2.29. The number of nitrogens with zero attached hydrogens (tertiary/aromatic N) is 4. The van der Waals surface area contributed by atoms with Gasteiger partial charge < -0.3 is 9.09 Å². The first-order chi connectivity index (χ1) is 13.0. The van der Waals surface area contributed by atoms with Crippen LogP contribution in [0.15, 0.2) is 46.2 Å². The number of thioether (sulfide) groups is 1. The van der Waals surface area contributed by atoms with Gasteiger partial charge in [-0.2, -0.15) is 18.2 Å². The van der Waals surface area contributed by atoms with Gasteiger partial charge in [0.2, 0.25) is 5.89 Å². The zero-order valence-electron chi connectivity index (χ0n) is 16.0. The molecule has 0 radical (unpaired) electrons. The minimum atomic E-state index is -4.37. The lowest BCUT2D eigenvalue weighted by atomic mass is 9.96. The molecule has 0 aliphatic carbocycles. The van der Waals surface area contributed by atoms with Crippen LogP contribution in [0.5, 0.6) is 0 Å². The van der Waals surface area contributed by atoms with E-state index in [-0.39, 0.29) is 15.8 Å². The molecule has 1 aromatic carbocycles. The molecule has 3 aromatic rings. The number of alkyl halides is 3. The molecule has 9 heteroatoms. The van der Waals surface area contributed by atoms with Gasteiger partial charge in [-0.25, -0.2) is 4.98 Å². The summed E-state index contributed by atoms with van der Waals surface area (Å²) >= 11 is 1.16. The number of rotatable bonds is 5. The fourth-order valence-electron chi connectivity index (χ4n) is 2.54. The third-order valence-electron chi connectivity index (χ3n) is 3.97. The zero-order valence-corrected chi connectivity index (χ0v) is 16.8. The van der Waals surface area contributed by atoms with Crippen LogP contribution in [0, 0.1) is 0 Å². The van der Waals surface area contributed by atoms with Crippen LogP contribution in [0.1, 0.15) is 44.7 Å². The molecule has 0 aliphatic rings. The van der Waals surface area contributed by atoms with E-state index in [1.54, 1.807) is 31.2 Å². The predicted octanol–water partition coefficient (Wildman–Crippen LogP) is 5.65. The van der Waals surface area contributed by atoms with Crippen molar-refractivity contribution in [1.29, 1.82) is 0 Å². The van der Waals surface area contributed by atoms with Crippen molar-refractivity contribution in [2.24, 2.45) is 0 Å². The maximum Gasteiger partial charge on any atom is 0.406 e. The molecule has 0 amide bonds. The molecule has 0 spiro atoms.